The maximum Gasteiger partial charge on any atom is 0.123 e. The van der Waals surface area contributed by atoms with Crippen molar-refractivity contribution in [3.05, 3.63) is 35.6 Å². The summed E-state index contributed by atoms with van der Waals surface area (Å²) < 4.78 is 13.0. The molecule has 1 saturated carbocycles. The van der Waals surface area contributed by atoms with E-state index in [1.165, 1.54) is 6.07 Å². The summed E-state index contributed by atoms with van der Waals surface area (Å²) in [4.78, 5) is 0. The average molecular weight is 195 g/mol. The summed E-state index contributed by atoms with van der Waals surface area (Å²) in [6.45, 7) is 0.688. The number of hydrogen-bond acceptors (Lipinski definition) is 2. The van der Waals surface area contributed by atoms with Gasteiger partial charge in [-0.3, -0.25) is 0 Å². The molecule has 0 amide bonds. The first-order valence-electron chi connectivity index (χ1n) is 4.89. The van der Waals surface area contributed by atoms with Gasteiger partial charge >= 0.3 is 0 Å². The lowest BCUT2D eigenvalue weighted by Crippen LogP contribution is -2.31. The second-order valence-corrected chi connectivity index (χ2v) is 3.74. The van der Waals surface area contributed by atoms with E-state index in [2.05, 4.69) is 5.32 Å². The highest BCUT2D eigenvalue weighted by Gasteiger charge is 2.43. The van der Waals surface area contributed by atoms with E-state index in [-0.39, 0.29) is 18.0 Å². The number of benzene rings is 1. The van der Waals surface area contributed by atoms with Gasteiger partial charge in [0.2, 0.25) is 0 Å². The highest BCUT2D eigenvalue weighted by Crippen LogP contribution is 2.45. The van der Waals surface area contributed by atoms with Gasteiger partial charge in [-0.25, -0.2) is 4.39 Å². The fourth-order valence-corrected chi connectivity index (χ4v) is 1.77. The van der Waals surface area contributed by atoms with Crippen LogP contribution in [0.15, 0.2) is 24.3 Å². The molecule has 2 rings (SSSR count). The lowest BCUT2D eigenvalue weighted by molar-refractivity contribution is 0.281. The van der Waals surface area contributed by atoms with Crippen molar-refractivity contribution in [3.8, 4) is 0 Å². The summed E-state index contributed by atoms with van der Waals surface area (Å²) in [5.74, 6) is -0.195. The largest absolute Gasteiger partial charge is 0.395 e. The standard InChI is InChI=1S/C11H14FNO/c12-10-3-1-2-9(8-10)11(4-5-11)13-6-7-14/h1-3,8,13-14H,4-7H2. The van der Waals surface area contributed by atoms with E-state index >= 15 is 0 Å². The molecule has 1 aromatic carbocycles. The molecule has 2 nitrogen and oxygen atoms in total. The van der Waals surface area contributed by atoms with Crippen LogP contribution >= 0.6 is 0 Å². The summed E-state index contributed by atoms with van der Waals surface area (Å²) in [5.41, 5.74) is 0.927. The second kappa shape index (κ2) is 3.67. The van der Waals surface area contributed by atoms with Crippen LogP contribution in [0, 0.1) is 5.82 Å². The summed E-state index contributed by atoms with van der Waals surface area (Å²) in [7, 11) is 0. The molecule has 0 atom stereocenters. The fourth-order valence-electron chi connectivity index (χ4n) is 1.77. The molecule has 3 heteroatoms. The third-order valence-corrected chi connectivity index (χ3v) is 2.70. The molecule has 1 aliphatic carbocycles. The van der Waals surface area contributed by atoms with Crippen LogP contribution < -0.4 is 5.32 Å². The smallest absolute Gasteiger partial charge is 0.123 e. The number of nitrogens with one attached hydrogen (secondary N) is 1. The van der Waals surface area contributed by atoms with Crippen molar-refractivity contribution in [2.75, 3.05) is 13.2 Å². The fraction of sp³-hybridized carbons (Fsp3) is 0.455. The Morgan fingerprint density at radius 3 is 2.79 bits per heavy atom. The minimum Gasteiger partial charge on any atom is -0.395 e. The first-order valence-corrected chi connectivity index (χ1v) is 4.89. The molecular formula is C11H14FNO. The molecule has 1 fully saturated rings. The molecule has 0 spiro atoms. The number of halogens is 1. The van der Waals surface area contributed by atoms with Gasteiger partial charge in [-0.05, 0) is 30.5 Å². The van der Waals surface area contributed by atoms with Gasteiger partial charge in [0.1, 0.15) is 5.82 Å². The van der Waals surface area contributed by atoms with Crippen molar-refractivity contribution in [3.63, 3.8) is 0 Å². The van der Waals surface area contributed by atoms with Crippen LogP contribution in [-0.2, 0) is 5.54 Å². The molecule has 14 heavy (non-hydrogen) atoms. The van der Waals surface area contributed by atoms with Crippen molar-refractivity contribution >= 4 is 0 Å². The lowest BCUT2D eigenvalue weighted by Gasteiger charge is -2.17. The van der Waals surface area contributed by atoms with E-state index < -0.39 is 0 Å². The third kappa shape index (κ3) is 1.79. The van der Waals surface area contributed by atoms with Gasteiger partial charge in [0.25, 0.3) is 0 Å². The van der Waals surface area contributed by atoms with E-state index in [0.717, 1.165) is 18.4 Å². The van der Waals surface area contributed by atoms with Gasteiger partial charge in [-0.15, -0.1) is 0 Å². The Kier molecular flexibility index (Phi) is 2.52. The molecule has 0 bridgehead atoms. The maximum absolute atomic E-state index is 13.0. The number of aliphatic hydroxyl groups is 1. The predicted molar refractivity (Wildman–Crippen MR) is 52.4 cm³/mol. The van der Waals surface area contributed by atoms with Gasteiger partial charge < -0.3 is 10.4 Å². The summed E-state index contributed by atoms with van der Waals surface area (Å²) in [6.07, 6.45) is 2.05. The van der Waals surface area contributed by atoms with Crippen LogP contribution in [0.1, 0.15) is 18.4 Å². The molecule has 1 aliphatic rings. The second-order valence-electron chi connectivity index (χ2n) is 3.74. The normalized spacial score (nSPS) is 18.1. The highest BCUT2D eigenvalue weighted by molar-refractivity contribution is 5.30. The summed E-state index contributed by atoms with van der Waals surface area (Å²) in [5, 5.41) is 12.0. The molecule has 0 radical (unpaired) electrons. The lowest BCUT2D eigenvalue weighted by atomic mass is 10.1. The van der Waals surface area contributed by atoms with E-state index in [1.807, 2.05) is 6.07 Å². The quantitative estimate of drug-likeness (QED) is 0.761. The van der Waals surface area contributed by atoms with E-state index in [1.54, 1.807) is 12.1 Å². The van der Waals surface area contributed by atoms with Crippen molar-refractivity contribution in [1.82, 2.24) is 5.32 Å². The first-order chi connectivity index (χ1) is 6.77. The van der Waals surface area contributed by atoms with Gasteiger partial charge in [0.15, 0.2) is 0 Å². The SMILES string of the molecule is OCCNC1(c2cccc(F)c2)CC1. The van der Waals surface area contributed by atoms with Crippen molar-refractivity contribution in [1.29, 1.82) is 0 Å². The minimum absolute atomic E-state index is 0.0647. The molecule has 1 aromatic rings. The Balaban J connectivity index is 2.14. The molecule has 0 aliphatic heterocycles. The summed E-state index contributed by atoms with van der Waals surface area (Å²) >= 11 is 0. The van der Waals surface area contributed by atoms with E-state index in [9.17, 15) is 4.39 Å². The van der Waals surface area contributed by atoms with Crippen LogP contribution in [0.25, 0.3) is 0 Å². The monoisotopic (exact) mass is 195 g/mol. The molecular weight excluding hydrogens is 181 g/mol. The van der Waals surface area contributed by atoms with Crippen molar-refractivity contribution < 1.29 is 9.50 Å². The van der Waals surface area contributed by atoms with Crippen LogP contribution in [-0.4, -0.2) is 18.3 Å². The minimum atomic E-state index is -0.195. The third-order valence-electron chi connectivity index (χ3n) is 2.70. The van der Waals surface area contributed by atoms with Gasteiger partial charge in [-0.2, -0.15) is 0 Å². The molecule has 0 unspecified atom stereocenters. The van der Waals surface area contributed by atoms with Crippen molar-refractivity contribution in [2.45, 2.75) is 18.4 Å². The average Bonchev–Trinajstić information content (AvgIpc) is 2.96. The Hall–Kier alpha value is -0.930. The number of rotatable bonds is 4. The molecule has 0 heterocycles. The van der Waals surface area contributed by atoms with Crippen LogP contribution in [0.5, 0.6) is 0 Å². The Labute approximate surface area is 82.8 Å². The topological polar surface area (TPSA) is 32.3 Å². The van der Waals surface area contributed by atoms with E-state index in [4.69, 9.17) is 5.11 Å². The molecule has 0 aromatic heterocycles. The van der Waals surface area contributed by atoms with Gasteiger partial charge in [0, 0.05) is 12.1 Å². The highest BCUT2D eigenvalue weighted by atomic mass is 19.1. The summed E-state index contributed by atoms with van der Waals surface area (Å²) in [6, 6.07) is 6.68. The molecule has 2 N–H and O–H groups in total. The predicted octanol–water partition coefficient (Wildman–Crippen LogP) is 1.40. The number of aliphatic hydroxyl groups excluding tert-OH is 1. The Morgan fingerprint density at radius 1 is 1.43 bits per heavy atom. The maximum atomic E-state index is 13.0. The first kappa shape index (κ1) is 9.62. The Bertz CT molecular complexity index is 323. The van der Waals surface area contributed by atoms with Gasteiger partial charge in [0.05, 0.1) is 6.61 Å². The zero-order chi connectivity index (χ0) is 10.0. The molecule has 0 saturated heterocycles. The van der Waals surface area contributed by atoms with Crippen LogP contribution in [0.4, 0.5) is 4.39 Å². The van der Waals surface area contributed by atoms with E-state index in [0.29, 0.717) is 6.54 Å². The van der Waals surface area contributed by atoms with Crippen LogP contribution in [0.2, 0.25) is 0 Å². The van der Waals surface area contributed by atoms with Crippen LogP contribution in [0.3, 0.4) is 0 Å². The number of hydrogen-bond donors (Lipinski definition) is 2. The zero-order valence-corrected chi connectivity index (χ0v) is 7.96. The van der Waals surface area contributed by atoms with Gasteiger partial charge in [-0.1, -0.05) is 12.1 Å². The Morgan fingerprint density at radius 2 is 2.21 bits per heavy atom. The zero-order valence-electron chi connectivity index (χ0n) is 7.96. The van der Waals surface area contributed by atoms with Crippen molar-refractivity contribution in [2.24, 2.45) is 0 Å². The molecule has 76 valence electrons.